The number of benzene rings is 2. The fraction of sp³-hybridized carbons (Fsp3) is 0.0588. The highest BCUT2D eigenvalue weighted by Gasteiger charge is 2.12. The van der Waals surface area contributed by atoms with Gasteiger partial charge in [0.25, 0.3) is 5.22 Å². The highest BCUT2D eigenvalue weighted by molar-refractivity contribution is 7.98. The zero-order valence-electron chi connectivity index (χ0n) is 12.9. The molecule has 0 aliphatic rings. The smallest absolute Gasteiger partial charge is 0.256 e. The lowest BCUT2D eigenvalue weighted by Crippen LogP contribution is -2.01. The molecule has 0 fully saturated rings. The molecule has 0 saturated heterocycles. The molecule has 0 saturated carbocycles. The topological polar surface area (TPSA) is 69.6 Å². The van der Waals surface area contributed by atoms with Gasteiger partial charge >= 0.3 is 0 Å². The van der Waals surface area contributed by atoms with E-state index in [-0.39, 0.29) is 5.82 Å². The minimum atomic E-state index is -0.286. The first-order chi connectivity index (χ1) is 12.3. The van der Waals surface area contributed by atoms with E-state index in [0.29, 0.717) is 22.6 Å². The lowest BCUT2D eigenvalue weighted by molar-refractivity contribution is 0.466. The summed E-state index contributed by atoms with van der Waals surface area (Å²) in [7, 11) is 0. The summed E-state index contributed by atoms with van der Waals surface area (Å²) in [5.74, 6) is 1.50. The van der Waals surface area contributed by atoms with Crippen molar-refractivity contribution in [3.05, 3.63) is 72.4 Å². The second kappa shape index (κ2) is 6.86. The van der Waals surface area contributed by atoms with Gasteiger partial charge < -0.3 is 4.42 Å². The molecule has 124 valence electrons. The van der Waals surface area contributed by atoms with Crippen molar-refractivity contribution >= 4 is 11.8 Å². The molecular formula is C17H12FN5OS. The van der Waals surface area contributed by atoms with Gasteiger partial charge in [0.1, 0.15) is 5.82 Å². The van der Waals surface area contributed by atoms with E-state index in [1.54, 1.807) is 23.0 Å². The summed E-state index contributed by atoms with van der Waals surface area (Å²) in [5.41, 5.74) is 1.66. The molecule has 0 N–H and O–H groups in total. The molecule has 8 heteroatoms. The molecule has 2 aromatic heterocycles. The van der Waals surface area contributed by atoms with Gasteiger partial charge in [-0.1, -0.05) is 30.0 Å². The second-order valence-electron chi connectivity index (χ2n) is 5.13. The summed E-state index contributed by atoms with van der Waals surface area (Å²) >= 11 is 1.39. The van der Waals surface area contributed by atoms with Gasteiger partial charge in [-0.25, -0.2) is 9.37 Å². The van der Waals surface area contributed by atoms with Crippen LogP contribution in [0.2, 0.25) is 0 Å². The van der Waals surface area contributed by atoms with E-state index in [4.69, 9.17) is 4.42 Å². The van der Waals surface area contributed by atoms with E-state index in [1.165, 1.54) is 23.9 Å². The third-order valence-electron chi connectivity index (χ3n) is 3.47. The predicted molar refractivity (Wildman–Crippen MR) is 90.6 cm³/mol. The van der Waals surface area contributed by atoms with Gasteiger partial charge in [-0.05, 0) is 46.8 Å². The standard InChI is InChI=1S/C17H12FN5OS/c18-13-8-6-12(7-9-13)15-10-19-17(24-15)25-11-16-20-21-22-23(16)14-4-2-1-3-5-14/h1-10H,11H2. The first-order valence-corrected chi connectivity index (χ1v) is 8.45. The molecule has 2 heterocycles. The Balaban J connectivity index is 1.48. The molecule has 0 radical (unpaired) electrons. The van der Waals surface area contributed by atoms with Crippen LogP contribution >= 0.6 is 11.8 Å². The second-order valence-corrected chi connectivity index (χ2v) is 6.06. The number of hydrogen-bond acceptors (Lipinski definition) is 6. The predicted octanol–water partition coefficient (Wildman–Crippen LogP) is 3.75. The number of nitrogens with zero attached hydrogens (tertiary/aromatic N) is 5. The van der Waals surface area contributed by atoms with Crippen LogP contribution in [0.15, 0.2) is 70.4 Å². The van der Waals surface area contributed by atoms with E-state index < -0.39 is 0 Å². The summed E-state index contributed by atoms with van der Waals surface area (Å²) < 4.78 is 20.4. The SMILES string of the molecule is Fc1ccc(-c2cnc(SCc3nnnn3-c3ccccc3)o2)cc1. The van der Waals surface area contributed by atoms with Crippen molar-refractivity contribution in [2.24, 2.45) is 0 Å². The molecule has 0 aliphatic heterocycles. The highest BCUT2D eigenvalue weighted by atomic mass is 32.2. The van der Waals surface area contributed by atoms with E-state index in [2.05, 4.69) is 20.5 Å². The van der Waals surface area contributed by atoms with Crippen LogP contribution in [0, 0.1) is 5.82 Å². The first-order valence-electron chi connectivity index (χ1n) is 7.47. The lowest BCUT2D eigenvalue weighted by atomic mass is 10.2. The summed E-state index contributed by atoms with van der Waals surface area (Å²) in [6, 6.07) is 15.7. The van der Waals surface area contributed by atoms with E-state index in [0.717, 1.165) is 11.3 Å². The van der Waals surface area contributed by atoms with Gasteiger partial charge in [-0.15, -0.1) is 5.10 Å². The summed E-state index contributed by atoms with van der Waals surface area (Å²) in [6.45, 7) is 0. The van der Waals surface area contributed by atoms with Crippen molar-refractivity contribution in [2.45, 2.75) is 11.0 Å². The van der Waals surface area contributed by atoms with Gasteiger partial charge in [0.05, 0.1) is 17.6 Å². The molecule has 0 spiro atoms. The van der Waals surface area contributed by atoms with Crippen LogP contribution < -0.4 is 0 Å². The van der Waals surface area contributed by atoms with Gasteiger partial charge in [-0.2, -0.15) is 4.68 Å². The van der Waals surface area contributed by atoms with E-state index >= 15 is 0 Å². The maximum atomic E-state index is 13.0. The number of rotatable bonds is 5. The Bertz CT molecular complexity index is 968. The number of thioether (sulfide) groups is 1. The monoisotopic (exact) mass is 353 g/mol. The Kier molecular flexibility index (Phi) is 4.26. The Morgan fingerprint density at radius 3 is 2.64 bits per heavy atom. The number of aromatic nitrogens is 5. The average Bonchev–Trinajstić information content (AvgIpc) is 3.31. The molecule has 2 aromatic carbocycles. The number of halogens is 1. The molecular weight excluding hydrogens is 341 g/mol. The van der Waals surface area contributed by atoms with Crippen molar-refractivity contribution in [3.63, 3.8) is 0 Å². The van der Waals surface area contributed by atoms with Crippen LogP contribution in [0.1, 0.15) is 5.82 Å². The zero-order valence-corrected chi connectivity index (χ0v) is 13.7. The van der Waals surface area contributed by atoms with Crippen LogP contribution in [0.25, 0.3) is 17.0 Å². The number of para-hydroxylation sites is 1. The Morgan fingerprint density at radius 1 is 1.04 bits per heavy atom. The molecule has 4 rings (SSSR count). The van der Waals surface area contributed by atoms with Crippen LogP contribution in [0.5, 0.6) is 0 Å². The van der Waals surface area contributed by atoms with Crippen molar-refractivity contribution in [1.82, 2.24) is 25.2 Å². The number of hydrogen-bond donors (Lipinski definition) is 0. The third-order valence-corrected chi connectivity index (χ3v) is 4.31. The fourth-order valence-corrected chi connectivity index (χ4v) is 2.97. The third kappa shape index (κ3) is 3.43. The Hall–Kier alpha value is -3.00. The molecule has 25 heavy (non-hydrogen) atoms. The molecule has 0 atom stereocenters. The average molecular weight is 353 g/mol. The number of oxazole rings is 1. The largest absolute Gasteiger partial charge is 0.431 e. The van der Waals surface area contributed by atoms with Gasteiger partial charge in [-0.3, -0.25) is 0 Å². The van der Waals surface area contributed by atoms with Crippen molar-refractivity contribution in [1.29, 1.82) is 0 Å². The highest BCUT2D eigenvalue weighted by Crippen LogP contribution is 2.27. The summed E-state index contributed by atoms with van der Waals surface area (Å²) in [4.78, 5) is 4.24. The van der Waals surface area contributed by atoms with Gasteiger partial charge in [0.15, 0.2) is 11.6 Å². The zero-order chi connectivity index (χ0) is 17.1. The molecule has 0 aliphatic carbocycles. The van der Waals surface area contributed by atoms with Crippen LogP contribution in [0.4, 0.5) is 4.39 Å². The van der Waals surface area contributed by atoms with Crippen molar-refractivity contribution in [3.8, 4) is 17.0 Å². The normalized spacial score (nSPS) is 10.9. The van der Waals surface area contributed by atoms with Crippen LogP contribution in [-0.2, 0) is 5.75 Å². The molecule has 0 bridgehead atoms. The van der Waals surface area contributed by atoms with Crippen LogP contribution in [0.3, 0.4) is 0 Å². The molecule has 6 nitrogen and oxygen atoms in total. The molecule has 0 unspecified atom stereocenters. The van der Waals surface area contributed by atoms with Crippen molar-refractivity contribution in [2.75, 3.05) is 0 Å². The minimum absolute atomic E-state index is 0.286. The summed E-state index contributed by atoms with van der Waals surface area (Å²) in [5, 5.41) is 12.3. The van der Waals surface area contributed by atoms with Gasteiger partial charge in [0.2, 0.25) is 0 Å². The fourth-order valence-electron chi connectivity index (χ4n) is 2.26. The maximum absolute atomic E-state index is 13.0. The van der Waals surface area contributed by atoms with Crippen molar-refractivity contribution < 1.29 is 8.81 Å². The lowest BCUT2D eigenvalue weighted by Gasteiger charge is -2.02. The maximum Gasteiger partial charge on any atom is 0.256 e. The Morgan fingerprint density at radius 2 is 1.84 bits per heavy atom. The van der Waals surface area contributed by atoms with E-state index in [9.17, 15) is 4.39 Å². The quantitative estimate of drug-likeness (QED) is 0.509. The Labute approximate surface area is 146 Å². The van der Waals surface area contributed by atoms with Crippen LogP contribution in [-0.4, -0.2) is 25.2 Å². The first kappa shape index (κ1) is 15.5. The van der Waals surface area contributed by atoms with E-state index in [1.807, 2.05) is 30.3 Å². The van der Waals surface area contributed by atoms with Gasteiger partial charge in [0, 0.05) is 5.56 Å². The molecule has 4 aromatic rings. The molecule has 0 amide bonds. The number of tetrazole rings is 1. The summed E-state index contributed by atoms with van der Waals surface area (Å²) in [6.07, 6.45) is 1.62. The minimum Gasteiger partial charge on any atom is -0.431 e.